The highest BCUT2D eigenvalue weighted by Gasteiger charge is 2.32. The molecule has 0 N–H and O–H groups in total. The van der Waals surface area contributed by atoms with Crippen LogP contribution in [0.1, 0.15) is 33.1 Å². The lowest BCUT2D eigenvalue weighted by Gasteiger charge is -2.11. The molecule has 3 nitrogen and oxygen atoms in total. The van der Waals surface area contributed by atoms with Crippen LogP contribution in [0.25, 0.3) is 0 Å². The van der Waals surface area contributed by atoms with Gasteiger partial charge in [-0.15, -0.1) is 0 Å². The molecule has 0 aliphatic carbocycles. The van der Waals surface area contributed by atoms with Crippen molar-refractivity contribution in [3.63, 3.8) is 0 Å². The minimum Gasteiger partial charge on any atom is -0.462 e. The van der Waals surface area contributed by atoms with Crippen LogP contribution in [0.2, 0.25) is 0 Å². The predicted molar refractivity (Wildman–Crippen MR) is 43.6 cm³/mol. The molecule has 0 radical (unpaired) electrons. The van der Waals surface area contributed by atoms with E-state index in [1.807, 2.05) is 13.8 Å². The van der Waals surface area contributed by atoms with Crippen molar-refractivity contribution in [2.75, 3.05) is 0 Å². The van der Waals surface area contributed by atoms with Crippen LogP contribution in [0.15, 0.2) is 0 Å². The van der Waals surface area contributed by atoms with Crippen LogP contribution in [0.5, 0.6) is 0 Å². The van der Waals surface area contributed by atoms with E-state index in [0.29, 0.717) is 19.3 Å². The first-order chi connectivity index (χ1) is 5.63. The molecule has 3 heteroatoms. The molecule has 2 atom stereocenters. The molecule has 0 aromatic carbocycles. The van der Waals surface area contributed by atoms with Gasteiger partial charge in [-0.2, -0.15) is 0 Å². The Hall–Kier alpha value is -0.860. The van der Waals surface area contributed by atoms with Gasteiger partial charge >= 0.3 is 5.97 Å². The highest BCUT2D eigenvalue weighted by molar-refractivity contribution is 5.80. The summed E-state index contributed by atoms with van der Waals surface area (Å²) in [5.74, 6) is 0.200. The topological polar surface area (TPSA) is 43.4 Å². The highest BCUT2D eigenvalue weighted by Crippen LogP contribution is 2.24. The first kappa shape index (κ1) is 9.23. The zero-order chi connectivity index (χ0) is 9.14. The summed E-state index contributed by atoms with van der Waals surface area (Å²) in [6.45, 7) is 3.77. The van der Waals surface area contributed by atoms with Gasteiger partial charge in [-0.25, -0.2) is 0 Å². The van der Waals surface area contributed by atoms with Crippen LogP contribution in [0.3, 0.4) is 0 Å². The van der Waals surface area contributed by atoms with Crippen LogP contribution < -0.4 is 0 Å². The monoisotopic (exact) mass is 170 g/mol. The van der Waals surface area contributed by atoms with E-state index in [1.165, 1.54) is 0 Å². The second kappa shape index (κ2) is 3.70. The molecule has 0 amide bonds. The third kappa shape index (κ3) is 2.06. The standard InChI is InChI=1S/C9H14O3/c1-3-7(10)5-8-6(2)4-9(11)12-8/h6,8H,3-5H2,1-2H3/t6-,8-/m1/s1. The third-order valence-corrected chi connectivity index (χ3v) is 2.23. The molecule has 0 aromatic heterocycles. The van der Waals surface area contributed by atoms with Gasteiger partial charge in [0.05, 0.1) is 6.42 Å². The number of ether oxygens (including phenoxy) is 1. The summed E-state index contributed by atoms with van der Waals surface area (Å²) in [6.07, 6.45) is 1.22. The maximum atomic E-state index is 11.0. The number of hydrogen-bond acceptors (Lipinski definition) is 3. The number of rotatable bonds is 3. The number of cyclic esters (lactones) is 1. The highest BCUT2D eigenvalue weighted by atomic mass is 16.5. The maximum absolute atomic E-state index is 11.0. The minimum absolute atomic E-state index is 0.162. The summed E-state index contributed by atoms with van der Waals surface area (Å²) in [7, 11) is 0. The largest absolute Gasteiger partial charge is 0.462 e. The van der Waals surface area contributed by atoms with Crippen LogP contribution in [-0.2, 0) is 14.3 Å². The molecule has 0 spiro atoms. The molecule has 0 saturated carbocycles. The second-order valence-electron chi connectivity index (χ2n) is 3.31. The quantitative estimate of drug-likeness (QED) is 0.600. The molecule has 1 aliphatic heterocycles. The number of carbonyl (C=O) groups excluding carboxylic acids is 2. The molecule has 0 aromatic rings. The van der Waals surface area contributed by atoms with Crippen molar-refractivity contribution in [2.45, 2.75) is 39.2 Å². The van der Waals surface area contributed by atoms with Crippen LogP contribution >= 0.6 is 0 Å². The van der Waals surface area contributed by atoms with E-state index in [-0.39, 0.29) is 23.8 Å². The summed E-state index contributed by atoms with van der Waals surface area (Å²) in [5, 5.41) is 0. The van der Waals surface area contributed by atoms with Crippen molar-refractivity contribution in [3.8, 4) is 0 Å². The van der Waals surface area contributed by atoms with Crippen LogP contribution in [0, 0.1) is 5.92 Å². The SMILES string of the molecule is CCC(=O)C[C@H]1OC(=O)C[C@H]1C. The number of ketones is 1. The Bertz CT molecular complexity index is 198. The molecular weight excluding hydrogens is 156 g/mol. The fraction of sp³-hybridized carbons (Fsp3) is 0.778. The van der Waals surface area contributed by atoms with Gasteiger partial charge < -0.3 is 4.74 Å². The van der Waals surface area contributed by atoms with Gasteiger partial charge in [-0.05, 0) is 0 Å². The van der Waals surface area contributed by atoms with Crippen molar-refractivity contribution < 1.29 is 14.3 Å². The van der Waals surface area contributed by atoms with Gasteiger partial charge in [0.25, 0.3) is 0 Å². The van der Waals surface area contributed by atoms with Gasteiger partial charge in [0.15, 0.2) is 0 Å². The van der Waals surface area contributed by atoms with Gasteiger partial charge in [-0.1, -0.05) is 13.8 Å². The van der Waals surface area contributed by atoms with E-state index in [2.05, 4.69) is 0 Å². The number of esters is 1. The Balaban J connectivity index is 2.42. The zero-order valence-electron chi connectivity index (χ0n) is 7.50. The summed E-state index contributed by atoms with van der Waals surface area (Å²) >= 11 is 0. The Morgan fingerprint density at radius 1 is 1.67 bits per heavy atom. The van der Waals surface area contributed by atoms with Gasteiger partial charge in [-0.3, -0.25) is 9.59 Å². The Morgan fingerprint density at radius 2 is 2.33 bits per heavy atom. The molecule has 0 bridgehead atoms. The van der Waals surface area contributed by atoms with E-state index in [9.17, 15) is 9.59 Å². The molecule has 1 fully saturated rings. The lowest BCUT2D eigenvalue weighted by Crippen LogP contribution is -2.17. The van der Waals surface area contributed by atoms with E-state index < -0.39 is 0 Å². The normalized spacial score (nSPS) is 28.7. The fourth-order valence-corrected chi connectivity index (χ4v) is 1.34. The predicted octanol–water partition coefficient (Wildman–Crippen LogP) is 1.31. The van der Waals surface area contributed by atoms with Crippen molar-refractivity contribution in [3.05, 3.63) is 0 Å². The minimum atomic E-state index is -0.170. The number of Topliss-reactive ketones (excluding diaryl/α,β-unsaturated/α-hetero) is 1. The van der Waals surface area contributed by atoms with E-state index in [0.717, 1.165) is 0 Å². The number of carbonyl (C=O) groups is 2. The summed E-state index contributed by atoms with van der Waals surface area (Å²) < 4.78 is 4.99. The van der Waals surface area contributed by atoms with Crippen molar-refractivity contribution >= 4 is 11.8 Å². The maximum Gasteiger partial charge on any atom is 0.306 e. The third-order valence-electron chi connectivity index (χ3n) is 2.23. The fourth-order valence-electron chi connectivity index (χ4n) is 1.34. The molecule has 1 heterocycles. The molecular formula is C9H14O3. The molecule has 1 aliphatic rings. The molecule has 0 unspecified atom stereocenters. The first-order valence-electron chi connectivity index (χ1n) is 4.34. The Labute approximate surface area is 72.1 Å². The lowest BCUT2D eigenvalue weighted by molar-refractivity contribution is -0.142. The van der Waals surface area contributed by atoms with Crippen LogP contribution in [-0.4, -0.2) is 17.9 Å². The summed E-state index contributed by atoms with van der Waals surface area (Å²) in [5.41, 5.74) is 0. The van der Waals surface area contributed by atoms with Crippen LogP contribution in [0.4, 0.5) is 0 Å². The number of hydrogen-bond donors (Lipinski definition) is 0. The summed E-state index contributed by atoms with van der Waals surface area (Å²) in [6, 6.07) is 0. The van der Waals surface area contributed by atoms with Crippen molar-refractivity contribution in [1.29, 1.82) is 0 Å². The lowest BCUT2D eigenvalue weighted by atomic mass is 9.99. The molecule has 68 valence electrons. The first-order valence-corrected chi connectivity index (χ1v) is 4.34. The smallest absolute Gasteiger partial charge is 0.306 e. The van der Waals surface area contributed by atoms with Gasteiger partial charge in [0.2, 0.25) is 0 Å². The van der Waals surface area contributed by atoms with Gasteiger partial charge in [0.1, 0.15) is 11.9 Å². The molecule has 12 heavy (non-hydrogen) atoms. The second-order valence-corrected chi connectivity index (χ2v) is 3.31. The average molecular weight is 170 g/mol. The van der Waals surface area contributed by atoms with E-state index in [1.54, 1.807) is 0 Å². The molecule has 1 rings (SSSR count). The van der Waals surface area contributed by atoms with E-state index >= 15 is 0 Å². The zero-order valence-corrected chi connectivity index (χ0v) is 7.50. The van der Waals surface area contributed by atoms with Gasteiger partial charge in [0, 0.05) is 18.8 Å². The average Bonchev–Trinajstić information content (AvgIpc) is 2.30. The van der Waals surface area contributed by atoms with Crippen molar-refractivity contribution in [2.24, 2.45) is 5.92 Å². The Kier molecular flexibility index (Phi) is 2.84. The van der Waals surface area contributed by atoms with E-state index in [4.69, 9.17) is 4.74 Å². The Morgan fingerprint density at radius 3 is 2.75 bits per heavy atom. The van der Waals surface area contributed by atoms with Crippen molar-refractivity contribution in [1.82, 2.24) is 0 Å². The molecule has 1 saturated heterocycles. The summed E-state index contributed by atoms with van der Waals surface area (Å²) in [4.78, 5) is 21.8.